The van der Waals surface area contributed by atoms with Gasteiger partial charge in [0.25, 0.3) is 0 Å². The summed E-state index contributed by atoms with van der Waals surface area (Å²) in [5.41, 5.74) is 17.7. The fourth-order valence-corrected chi connectivity index (χ4v) is 9.14. The highest BCUT2D eigenvalue weighted by atomic mass is 14.9. The Bertz CT molecular complexity index is 2740. The molecule has 0 atom stereocenters. The predicted molar refractivity (Wildman–Crippen MR) is 218 cm³/mol. The third-order valence-electron chi connectivity index (χ3n) is 11.6. The molecule has 0 radical (unpaired) electrons. The lowest BCUT2D eigenvalue weighted by atomic mass is 9.55. The summed E-state index contributed by atoms with van der Waals surface area (Å²) in [6.45, 7) is 4.73. The van der Waals surface area contributed by atoms with E-state index >= 15 is 0 Å². The van der Waals surface area contributed by atoms with Crippen LogP contribution in [0.4, 0.5) is 0 Å². The van der Waals surface area contributed by atoms with Gasteiger partial charge in [0, 0.05) is 22.1 Å². The molecule has 8 aromatic rings. The summed E-state index contributed by atoms with van der Waals surface area (Å²) in [7, 11) is 0. The Kier molecular flexibility index (Phi) is 7.12. The normalized spacial score (nSPS) is 14.0. The maximum Gasteiger partial charge on any atom is 0.160 e. The van der Waals surface area contributed by atoms with Crippen molar-refractivity contribution in [2.24, 2.45) is 0 Å². The second-order valence-corrected chi connectivity index (χ2v) is 14.8. The Morgan fingerprint density at radius 3 is 1.54 bits per heavy atom. The molecule has 10 rings (SSSR count). The SMILES string of the molecule is CC1(C)c2ccccc2C2(c3ccccc3-c3c(-c4ccc(-c5cc(-c6ccccc6)nc(-c6ccc(C#N)cc6)n5)cc4)cccc32)c2ccccc21. The summed E-state index contributed by atoms with van der Waals surface area (Å²) >= 11 is 0. The van der Waals surface area contributed by atoms with Gasteiger partial charge in [-0.15, -0.1) is 0 Å². The van der Waals surface area contributed by atoms with E-state index in [2.05, 4.69) is 153 Å². The summed E-state index contributed by atoms with van der Waals surface area (Å²) in [5.74, 6) is 0.624. The first-order chi connectivity index (χ1) is 26.5. The van der Waals surface area contributed by atoms with Crippen molar-refractivity contribution in [1.82, 2.24) is 9.97 Å². The Hall–Kier alpha value is -6.89. The number of hydrogen-bond donors (Lipinski definition) is 0. The van der Waals surface area contributed by atoms with Crippen molar-refractivity contribution in [3.8, 4) is 62.2 Å². The summed E-state index contributed by atoms with van der Waals surface area (Å²) in [4.78, 5) is 10.0. The molecule has 0 unspecified atom stereocenters. The van der Waals surface area contributed by atoms with Crippen LogP contribution in [0.5, 0.6) is 0 Å². The highest BCUT2D eigenvalue weighted by molar-refractivity contribution is 5.96. The molecule has 3 heteroatoms. The average molecular weight is 690 g/mol. The molecule has 0 N–H and O–H groups in total. The average Bonchev–Trinajstić information content (AvgIpc) is 3.54. The first-order valence-corrected chi connectivity index (χ1v) is 18.5. The maximum atomic E-state index is 9.37. The van der Waals surface area contributed by atoms with E-state index in [9.17, 15) is 5.26 Å². The molecular formula is C51H35N3. The molecule has 0 aliphatic heterocycles. The van der Waals surface area contributed by atoms with Gasteiger partial charge in [-0.25, -0.2) is 9.97 Å². The van der Waals surface area contributed by atoms with Crippen LogP contribution in [0.2, 0.25) is 0 Å². The van der Waals surface area contributed by atoms with Gasteiger partial charge in [-0.3, -0.25) is 0 Å². The fourth-order valence-electron chi connectivity index (χ4n) is 9.14. The molecule has 0 fully saturated rings. The molecule has 0 bridgehead atoms. The molecule has 1 spiro atoms. The van der Waals surface area contributed by atoms with Crippen LogP contribution in [0.3, 0.4) is 0 Å². The lowest BCUT2D eigenvalue weighted by Gasteiger charge is -2.46. The fraction of sp³-hybridized carbons (Fsp3) is 0.0784. The van der Waals surface area contributed by atoms with Crippen molar-refractivity contribution < 1.29 is 0 Å². The van der Waals surface area contributed by atoms with Gasteiger partial charge in [-0.05, 0) is 86.0 Å². The maximum absolute atomic E-state index is 9.37. The lowest BCUT2D eigenvalue weighted by Crippen LogP contribution is -2.40. The number of aromatic nitrogens is 2. The summed E-state index contributed by atoms with van der Waals surface area (Å²) in [5, 5.41) is 9.37. The van der Waals surface area contributed by atoms with Gasteiger partial charge in [0.1, 0.15) is 0 Å². The van der Waals surface area contributed by atoms with E-state index in [1.807, 2.05) is 42.5 Å². The van der Waals surface area contributed by atoms with Gasteiger partial charge in [0.15, 0.2) is 5.82 Å². The molecule has 2 aliphatic rings. The van der Waals surface area contributed by atoms with Gasteiger partial charge >= 0.3 is 0 Å². The van der Waals surface area contributed by atoms with Crippen molar-refractivity contribution in [3.05, 3.63) is 215 Å². The number of benzene rings is 7. The van der Waals surface area contributed by atoms with E-state index in [4.69, 9.17) is 9.97 Å². The monoisotopic (exact) mass is 689 g/mol. The molecular weight excluding hydrogens is 655 g/mol. The largest absolute Gasteiger partial charge is 0.228 e. The number of hydrogen-bond acceptors (Lipinski definition) is 3. The van der Waals surface area contributed by atoms with Crippen LogP contribution >= 0.6 is 0 Å². The predicted octanol–water partition coefficient (Wildman–Crippen LogP) is 12.0. The Morgan fingerprint density at radius 1 is 0.426 bits per heavy atom. The zero-order chi connectivity index (χ0) is 36.4. The van der Waals surface area contributed by atoms with E-state index in [0.29, 0.717) is 11.4 Å². The Balaban J connectivity index is 1.14. The molecule has 0 saturated heterocycles. The number of fused-ring (bicyclic) bond motifs is 9. The summed E-state index contributed by atoms with van der Waals surface area (Å²) < 4.78 is 0. The Labute approximate surface area is 315 Å². The minimum absolute atomic E-state index is 0.134. The first-order valence-electron chi connectivity index (χ1n) is 18.5. The van der Waals surface area contributed by atoms with Gasteiger partial charge in [-0.1, -0.05) is 159 Å². The molecule has 7 aromatic carbocycles. The van der Waals surface area contributed by atoms with Crippen molar-refractivity contribution in [2.75, 3.05) is 0 Å². The molecule has 54 heavy (non-hydrogen) atoms. The zero-order valence-corrected chi connectivity index (χ0v) is 30.1. The van der Waals surface area contributed by atoms with Gasteiger partial charge in [0.05, 0.1) is 28.4 Å². The van der Waals surface area contributed by atoms with Crippen LogP contribution in [0.15, 0.2) is 176 Å². The molecule has 1 heterocycles. The van der Waals surface area contributed by atoms with Crippen LogP contribution in [-0.2, 0) is 10.8 Å². The third kappa shape index (κ3) is 4.60. The molecule has 0 saturated carbocycles. The molecule has 1 aromatic heterocycles. The second-order valence-electron chi connectivity index (χ2n) is 14.8. The van der Waals surface area contributed by atoms with E-state index in [0.717, 1.165) is 33.6 Å². The quantitative estimate of drug-likeness (QED) is 0.185. The first kappa shape index (κ1) is 31.8. The minimum atomic E-state index is -0.429. The van der Waals surface area contributed by atoms with Crippen molar-refractivity contribution in [2.45, 2.75) is 24.7 Å². The van der Waals surface area contributed by atoms with Crippen molar-refractivity contribution in [1.29, 1.82) is 5.26 Å². The summed E-state index contributed by atoms with van der Waals surface area (Å²) in [6.07, 6.45) is 0. The molecule has 3 nitrogen and oxygen atoms in total. The van der Waals surface area contributed by atoms with E-state index in [1.165, 1.54) is 50.1 Å². The van der Waals surface area contributed by atoms with Crippen molar-refractivity contribution >= 4 is 0 Å². The smallest absolute Gasteiger partial charge is 0.160 e. The topological polar surface area (TPSA) is 49.6 Å². The standard InChI is InChI=1S/C51H35N3/c1-50(2)41-18-8-10-20-43(41)51(44-21-11-9-19-42(44)50)40-17-7-6-15-39(40)48-38(16-12-22-45(48)51)34-27-29-36(30-28-34)47-31-46(35-13-4-3-5-14-35)53-49(54-47)37-25-23-33(32-52)24-26-37/h3-31H,1-2H3. The van der Waals surface area contributed by atoms with Gasteiger partial charge < -0.3 is 0 Å². The number of nitriles is 1. The summed E-state index contributed by atoms with van der Waals surface area (Å²) in [6, 6.07) is 64.8. The van der Waals surface area contributed by atoms with Crippen LogP contribution in [0.1, 0.15) is 52.8 Å². The van der Waals surface area contributed by atoms with Gasteiger partial charge in [-0.2, -0.15) is 5.26 Å². The number of nitrogens with zero attached hydrogens (tertiary/aromatic N) is 3. The van der Waals surface area contributed by atoms with E-state index in [1.54, 1.807) is 0 Å². The van der Waals surface area contributed by atoms with Crippen molar-refractivity contribution in [3.63, 3.8) is 0 Å². The lowest BCUT2D eigenvalue weighted by molar-refractivity contribution is 0.563. The Morgan fingerprint density at radius 2 is 0.907 bits per heavy atom. The van der Waals surface area contributed by atoms with Crippen LogP contribution in [0.25, 0.3) is 56.2 Å². The zero-order valence-electron chi connectivity index (χ0n) is 30.1. The molecule has 0 amide bonds. The van der Waals surface area contributed by atoms with E-state index in [-0.39, 0.29) is 5.41 Å². The number of rotatable bonds is 4. The van der Waals surface area contributed by atoms with Crippen LogP contribution < -0.4 is 0 Å². The second kappa shape index (κ2) is 12.1. The molecule has 254 valence electrons. The minimum Gasteiger partial charge on any atom is -0.228 e. The van der Waals surface area contributed by atoms with Crippen LogP contribution in [-0.4, -0.2) is 9.97 Å². The van der Waals surface area contributed by atoms with Crippen LogP contribution in [0, 0.1) is 11.3 Å². The molecule has 2 aliphatic carbocycles. The van der Waals surface area contributed by atoms with E-state index < -0.39 is 5.41 Å². The highest BCUT2D eigenvalue weighted by Crippen LogP contribution is 2.63. The van der Waals surface area contributed by atoms with Gasteiger partial charge in [0.2, 0.25) is 0 Å². The highest BCUT2D eigenvalue weighted by Gasteiger charge is 2.53. The third-order valence-corrected chi connectivity index (χ3v) is 11.6.